The van der Waals surface area contributed by atoms with Gasteiger partial charge in [0, 0.05) is 27.8 Å². The average molecular weight is 558 g/mol. The molecule has 1 amide bonds. The summed E-state index contributed by atoms with van der Waals surface area (Å²) in [4.78, 5) is 27.4. The van der Waals surface area contributed by atoms with E-state index in [0.29, 0.717) is 22.6 Å². The molecular formula is C26H30Cl2FNO5S. The van der Waals surface area contributed by atoms with Gasteiger partial charge in [-0.15, -0.1) is 0 Å². The highest BCUT2D eigenvalue weighted by atomic mass is 35.5. The minimum atomic E-state index is -3.48. The Morgan fingerprint density at radius 1 is 1.14 bits per heavy atom. The lowest BCUT2D eigenvalue weighted by Gasteiger charge is -2.51. The predicted molar refractivity (Wildman–Crippen MR) is 139 cm³/mol. The van der Waals surface area contributed by atoms with Crippen molar-refractivity contribution in [3.8, 4) is 0 Å². The number of carboxylic acid groups (broad SMARTS) is 1. The summed E-state index contributed by atoms with van der Waals surface area (Å²) in [5, 5.41) is 10.3. The van der Waals surface area contributed by atoms with Crippen molar-refractivity contribution in [2.45, 2.75) is 58.0 Å². The molecule has 3 rings (SSSR count). The molecule has 4 atom stereocenters. The highest BCUT2D eigenvalue weighted by Gasteiger charge is 2.52. The van der Waals surface area contributed by atoms with Gasteiger partial charge in [0.05, 0.1) is 23.6 Å². The molecule has 36 heavy (non-hydrogen) atoms. The first-order valence-electron chi connectivity index (χ1n) is 11.8. The van der Waals surface area contributed by atoms with E-state index in [1.165, 1.54) is 17.0 Å². The number of sulfone groups is 1. The van der Waals surface area contributed by atoms with Crippen LogP contribution in [0.4, 0.5) is 4.39 Å². The van der Waals surface area contributed by atoms with Crippen LogP contribution in [-0.2, 0) is 19.4 Å². The van der Waals surface area contributed by atoms with Crippen LogP contribution in [0.15, 0.2) is 42.5 Å². The Morgan fingerprint density at radius 2 is 1.78 bits per heavy atom. The number of carbonyl (C=O) groups is 2. The van der Waals surface area contributed by atoms with Gasteiger partial charge in [-0.1, -0.05) is 56.1 Å². The van der Waals surface area contributed by atoms with Crippen LogP contribution < -0.4 is 0 Å². The Bertz CT molecular complexity index is 1220. The summed E-state index contributed by atoms with van der Waals surface area (Å²) in [6, 6.07) is 9.55. The third-order valence-electron chi connectivity index (χ3n) is 6.92. The zero-order valence-electron chi connectivity index (χ0n) is 20.4. The van der Waals surface area contributed by atoms with E-state index >= 15 is 0 Å². The van der Waals surface area contributed by atoms with Crippen molar-refractivity contribution < 1.29 is 27.5 Å². The SMILES string of the molecule is CCC(CS(=O)(=O)CC)N1C(=O)[C@@](C)(CC(=O)O)CC(c2cc(F)cc(Cl)c2)[C@H]1c1ccc(Cl)cc1. The fraction of sp³-hybridized carbons (Fsp3) is 0.462. The number of halogens is 3. The molecule has 10 heteroatoms. The van der Waals surface area contributed by atoms with Gasteiger partial charge in [-0.25, -0.2) is 12.8 Å². The average Bonchev–Trinajstić information content (AvgIpc) is 2.79. The van der Waals surface area contributed by atoms with E-state index in [0.717, 1.165) is 0 Å². The zero-order chi connectivity index (χ0) is 26.8. The summed E-state index contributed by atoms with van der Waals surface area (Å²) >= 11 is 12.3. The number of amides is 1. The molecule has 0 bridgehead atoms. The Hall–Kier alpha value is -2.16. The molecule has 1 saturated heterocycles. The fourth-order valence-electron chi connectivity index (χ4n) is 5.14. The van der Waals surface area contributed by atoms with Crippen molar-refractivity contribution in [2.24, 2.45) is 5.41 Å². The molecule has 2 aromatic carbocycles. The second-order valence-electron chi connectivity index (χ2n) is 9.61. The van der Waals surface area contributed by atoms with Gasteiger partial charge in [0.2, 0.25) is 5.91 Å². The van der Waals surface area contributed by atoms with E-state index in [-0.39, 0.29) is 22.9 Å². The first-order valence-corrected chi connectivity index (χ1v) is 14.3. The molecule has 1 N–H and O–H groups in total. The first kappa shape index (κ1) is 28.4. The minimum absolute atomic E-state index is 0.0908. The van der Waals surface area contributed by atoms with Crippen molar-refractivity contribution in [3.63, 3.8) is 0 Å². The van der Waals surface area contributed by atoms with Crippen molar-refractivity contribution >= 4 is 44.9 Å². The maximum atomic E-state index is 14.5. The molecule has 1 aliphatic rings. The number of rotatable bonds is 9. The Balaban J connectivity index is 2.29. The highest BCUT2D eigenvalue weighted by Crippen LogP contribution is 2.52. The highest BCUT2D eigenvalue weighted by molar-refractivity contribution is 7.91. The fourth-order valence-corrected chi connectivity index (χ4v) is 6.71. The zero-order valence-corrected chi connectivity index (χ0v) is 22.7. The molecular weight excluding hydrogens is 528 g/mol. The predicted octanol–water partition coefficient (Wildman–Crippen LogP) is 5.88. The summed E-state index contributed by atoms with van der Waals surface area (Å²) in [6.45, 7) is 4.91. The van der Waals surface area contributed by atoms with Crippen LogP contribution in [0.3, 0.4) is 0 Å². The molecule has 1 fully saturated rings. The van der Waals surface area contributed by atoms with Gasteiger partial charge in [-0.2, -0.15) is 0 Å². The summed E-state index contributed by atoms with van der Waals surface area (Å²) in [5.41, 5.74) is -0.160. The number of piperidine rings is 1. The molecule has 2 aromatic rings. The van der Waals surface area contributed by atoms with E-state index in [9.17, 15) is 27.5 Å². The molecule has 6 nitrogen and oxygen atoms in total. The van der Waals surface area contributed by atoms with Gasteiger partial charge in [0.25, 0.3) is 0 Å². The molecule has 0 saturated carbocycles. The smallest absolute Gasteiger partial charge is 0.304 e. The number of carbonyl (C=O) groups excluding carboxylic acids is 1. The Labute approximate surface area is 221 Å². The summed E-state index contributed by atoms with van der Waals surface area (Å²) in [6.07, 6.45) is -0.0142. The quantitative estimate of drug-likeness (QED) is 0.415. The molecule has 0 aromatic heterocycles. The molecule has 0 aliphatic carbocycles. The van der Waals surface area contributed by atoms with E-state index in [1.807, 2.05) is 0 Å². The molecule has 1 heterocycles. The van der Waals surface area contributed by atoms with Crippen molar-refractivity contribution in [3.05, 3.63) is 69.5 Å². The summed E-state index contributed by atoms with van der Waals surface area (Å²) < 4.78 is 39.8. The van der Waals surface area contributed by atoms with Crippen LogP contribution in [0, 0.1) is 11.2 Å². The van der Waals surface area contributed by atoms with E-state index < -0.39 is 57.4 Å². The number of carboxylic acids is 1. The van der Waals surface area contributed by atoms with E-state index in [4.69, 9.17) is 23.2 Å². The van der Waals surface area contributed by atoms with Crippen molar-refractivity contribution in [1.29, 1.82) is 0 Å². The third kappa shape index (κ3) is 6.21. The minimum Gasteiger partial charge on any atom is -0.481 e. The monoisotopic (exact) mass is 557 g/mol. The summed E-state index contributed by atoms with van der Waals surface area (Å²) in [5.74, 6) is -3.07. The summed E-state index contributed by atoms with van der Waals surface area (Å²) in [7, 11) is -3.48. The second-order valence-corrected chi connectivity index (χ2v) is 12.9. The number of hydrogen-bond donors (Lipinski definition) is 1. The Morgan fingerprint density at radius 3 is 2.31 bits per heavy atom. The number of benzene rings is 2. The lowest BCUT2D eigenvalue weighted by molar-refractivity contribution is -0.160. The van der Waals surface area contributed by atoms with Crippen LogP contribution in [-0.4, -0.2) is 47.8 Å². The van der Waals surface area contributed by atoms with Crippen LogP contribution >= 0.6 is 23.2 Å². The largest absolute Gasteiger partial charge is 0.481 e. The normalized spacial score (nSPS) is 23.5. The van der Waals surface area contributed by atoms with Gasteiger partial charge in [-0.05, 0) is 54.3 Å². The third-order valence-corrected chi connectivity index (χ3v) is 9.16. The molecule has 1 aliphatic heterocycles. The number of aliphatic carboxylic acids is 1. The number of hydrogen-bond acceptors (Lipinski definition) is 4. The molecule has 196 valence electrons. The van der Waals surface area contributed by atoms with Gasteiger partial charge >= 0.3 is 5.97 Å². The van der Waals surface area contributed by atoms with Gasteiger partial charge < -0.3 is 10.0 Å². The van der Waals surface area contributed by atoms with E-state index in [1.54, 1.807) is 51.1 Å². The first-order chi connectivity index (χ1) is 16.8. The number of likely N-dealkylation sites (tertiary alicyclic amines) is 1. The van der Waals surface area contributed by atoms with Crippen molar-refractivity contribution in [2.75, 3.05) is 11.5 Å². The van der Waals surface area contributed by atoms with Crippen LogP contribution in [0.25, 0.3) is 0 Å². The maximum absolute atomic E-state index is 14.5. The maximum Gasteiger partial charge on any atom is 0.304 e. The van der Waals surface area contributed by atoms with Crippen molar-refractivity contribution in [1.82, 2.24) is 4.90 Å². The Kier molecular flexibility index (Phi) is 8.74. The van der Waals surface area contributed by atoms with Gasteiger partial charge in [0.15, 0.2) is 9.84 Å². The number of nitrogens with zero attached hydrogens (tertiary/aromatic N) is 1. The van der Waals surface area contributed by atoms with Gasteiger partial charge in [0.1, 0.15) is 5.82 Å². The van der Waals surface area contributed by atoms with Crippen LogP contribution in [0.2, 0.25) is 10.0 Å². The van der Waals surface area contributed by atoms with Crippen LogP contribution in [0.1, 0.15) is 63.1 Å². The van der Waals surface area contributed by atoms with Crippen LogP contribution in [0.5, 0.6) is 0 Å². The second kappa shape index (κ2) is 11.1. The topological polar surface area (TPSA) is 91.8 Å². The van der Waals surface area contributed by atoms with Gasteiger partial charge in [-0.3, -0.25) is 9.59 Å². The molecule has 0 spiro atoms. The van der Waals surface area contributed by atoms with E-state index in [2.05, 4.69) is 0 Å². The lowest BCUT2D eigenvalue weighted by Crippen LogP contribution is -2.57. The lowest BCUT2D eigenvalue weighted by atomic mass is 9.67. The molecule has 2 unspecified atom stereocenters. The molecule has 0 radical (unpaired) electrons. The standard InChI is InChI=1S/C26H30Cl2FNO5S/c1-4-21(15-36(34,35)5-2)30-24(16-6-8-18(27)9-7-16)22(17-10-19(28)12-20(29)11-17)13-26(3,25(30)33)14-23(31)32/h6-12,21-22,24H,4-5,13-15H2,1-3H3,(H,31,32)/t21?,22?,24-,26-/m1/s1.